The van der Waals surface area contributed by atoms with E-state index in [1.54, 1.807) is 0 Å². The van der Waals surface area contributed by atoms with Gasteiger partial charge in [-0.2, -0.15) is 13.2 Å². The van der Waals surface area contributed by atoms with Crippen LogP contribution in [0.4, 0.5) is 13.2 Å². The highest BCUT2D eigenvalue weighted by atomic mass is 19.4. The van der Waals surface area contributed by atoms with E-state index in [-0.39, 0.29) is 6.42 Å². The summed E-state index contributed by atoms with van der Waals surface area (Å²) in [6.07, 6.45) is 0.289. The molecular formula is C13H19F3N2. The molecule has 1 aromatic rings. The summed E-state index contributed by atoms with van der Waals surface area (Å²) in [6.45, 7) is 2.52. The van der Waals surface area contributed by atoms with Gasteiger partial charge in [0.2, 0.25) is 0 Å². The highest BCUT2D eigenvalue weighted by Gasteiger charge is 2.27. The lowest BCUT2D eigenvalue weighted by Crippen LogP contribution is -2.12. The first kappa shape index (κ1) is 13.4. The van der Waals surface area contributed by atoms with Crippen molar-refractivity contribution in [3.8, 4) is 0 Å². The Morgan fingerprint density at radius 2 is 2.06 bits per heavy atom. The molecule has 2 nitrogen and oxygen atoms in total. The van der Waals surface area contributed by atoms with Gasteiger partial charge in [-0.3, -0.25) is 0 Å². The molecule has 0 radical (unpaired) electrons. The Hall–Kier alpha value is -1.00. The minimum atomic E-state index is -4.05. The van der Waals surface area contributed by atoms with Gasteiger partial charge in [0.05, 0.1) is 5.69 Å². The van der Waals surface area contributed by atoms with E-state index in [1.165, 1.54) is 5.69 Å². The lowest BCUT2D eigenvalue weighted by Gasteiger charge is -2.11. The Labute approximate surface area is 105 Å². The second-order valence-corrected chi connectivity index (χ2v) is 4.90. The number of imidazole rings is 1. The Kier molecular flexibility index (Phi) is 3.97. The summed E-state index contributed by atoms with van der Waals surface area (Å²) < 4.78 is 38.6. The lowest BCUT2D eigenvalue weighted by molar-refractivity contribution is -0.135. The van der Waals surface area contributed by atoms with Crippen LogP contribution >= 0.6 is 0 Å². The second-order valence-electron chi connectivity index (χ2n) is 4.90. The number of alkyl halides is 3. The maximum absolute atomic E-state index is 12.2. The Morgan fingerprint density at radius 1 is 1.28 bits per heavy atom. The average molecular weight is 260 g/mol. The van der Waals surface area contributed by atoms with Crippen molar-refractivity contribution in [3.05, 3.63) is 17.2 Å². The molecule has 0 aromatic carbocycles. The van der Waals surface area contributed by atoms with Gasteiger partial charge in [0.25, 0.3) is 0 Å². The summed E-state index contributed by atoms with van der Waals surface area (Å²) in [6, 6.07) is 0. The molecule has 0 N–H and O–H groups in total. The number of halogens is 3. The predicted molar refractivity (Wildman–Crippen MR) is 63.5 cm³/mol. The first-order chi connectivity index (χ1) is 8.51. The molecule has 0 amide bonds. The van der Waals surface area contributed by atoms with Gasteiger partial charge in [0.15, 0.2) is 0 Å². The predicted octanol–water partition coefficient (Wildman–Crippen LogP) is 3.67. The van der Waals surface area contributed by atoms with Gasteiger partial charge in [-0.05, 0) is 32.1 Å². The molecule has 2 rings (SSSR count). The van der Waals surface area contributed by atoms with Gasteiger partial charge in [-0.25, -0.2) is 4.98 Å². The molecule has 5 heteroatoms. The molecule has 18 heavy (non-hydrogen) atoms. The third-order valence-electron chi connectivity index (χ3n) is 3.38. The molecule has 0 unspecified atom stereocenters. The van der Waals surface area contributed by atoms with Crippen molar-refractivity contribution < 1.29 is 13.2 Å². The van der Waals surface area contributed by atoms with Crippen LogP contribution in [0.15, 0.2) is 0 Å². The van der Waals surface area contributed by atoms with Crippen molar-refractivity contribution in [1.29, 1.82) is 0 Å². The van der Waals surface area contributed by atoms with E-state index in [9.17, 15) is 13.2 Å². The first-order valence-corrected chi connectivity index (χ1v) is 6.65. The number of hydrogen-bond acceptors (Lipinski definition) is 1. The van der Waals surface area contributed by atoms with Gasteiger partial charge >= 0.3 is 6.18 Å². The van der Waals surface area contributed by atoms with Crippen LogP contribution in [0.25, 0.3) is 0 Å². The fraction of sp³-hybridized carbons (Fsp3) is 0.769. The third-order valence-corrected chi connectivity index (χ3v) is 3.38. The zero-order chi connectivity index (χ0) is 13.2. The summed E-state index contributed by atoms with van der Waals surface area (Å²) in [5.74, 6) is 0.976. The van der Waals surface area contributed by atoms with Gasteiger partial charge in [-0.15, -0.1) is 0 Å². The monoisotopic (exact) mass is 260 g/mol. The minimum Gasteiger partial charge on any atom is -0.332 e. The molecule has 0 aliphatic heterocycles. The molecule has 1 aromatic heterocycles. The highest BCUT2D eigenvalue weighted by Crippen LogP contribution is 2.26. The summed E-state index contributed by atoms with van der Waals surface area (Å²) in [5, 5.41) is 0. The minimum absolute atomic E-state index is 0.156. The van der Waals surface area contributed by atoms with E-state index in [1.807, 2.05) is 4.57 Å². The summed E-state index contributed by atoms with van der Waals surface area (Å²) in [7, 11) is 0. The largest absolute Gasteiger partial charge is 0.389 e. The number of fused-ring (bicyclic) bond motifs is 1. The summed E-state index contributed by atoms with van der Waals surface area (Å²) in [5.41, 5.74) is 2.30. The van der Waals surface area contributed by atoms with Crippen LogP contribution in [0.3, 0.4) is 0 Å². The molecule has 0 saturated heterocycles. The van der Waals surface area contributed by atoms with E-state index >= 15 is 0 Å². The lowest BCUT2D eigenvalue weighted by atomic mass is 10.2. The zero-order valence-electron chi connectivity index (χ0n) is 10.7. The van der Waals surface area contributed by atoms with E-state index in [0.717, 1.165) is 43.6 Å². The highest BCUT2D eigenvalue weighted by molar-refractivity contribution is 5.22. The van der Waals surface area contributed by atoms with Crippen LogP contribution in [0.5, 0.6) is 0 Å². The average Bonchev–Trinajstić information content (AvgIpc) is 2.80. The molecule has 0 atom stereocenters. The molecule has 1 heterocycles. The van der Waals surface area contributed by atoms with Crippen LogP contribution in [0.1, 0.15) is 49.8 Å². The molecule has 1 aliphatic rings. The van der Waals surface area contributed by atoms with Crippen LogP contribution in [0.2, 0.25) is 0 Å². The Bertz CT molecular complexity index is 407. The van der Waals surface area contributed by atoms with Gasteiger partial charge in [0.1, 0.15) is 5.82 Å². The van der Waals surface area contributed by atoms with Gasteiger partial charge < -0.3 is 4.57 Å². The Morgan fingerprint density at radius 3 is 2.72 bits per heavy atom. The van der Waals surface area contributed by atoms with E-state index in [4.69, 9.17) is 0 Å². The fourth-order valence-corrected chi connectivity index (χ4v) is 2.61. The van der Waals surface area contributed by atoms with Crippen molar-refractivity contribution in [2.24, 2.45) is 0 Å². The third kappa shape index (κ3) is 3.06. The molecule has 0 bridgehead atoms. The molecular weight excluding hydrogens is 241 g/mol. The number of aromatic nitrogens is 2. The van der Waals surface area contributed by atoms with Crippen molar-refractivity contribution in [3.63, 3.8) is 0 Å². The molecule has 0 saturated carbocycles. The van der Waals surface area contributed by atoms with Crippen molar-refractivity contribution in [1.82, 2.24) is 9.55 Å². The van der Waals surface area contributed by atoms with Gasteiger partial charge in [0, 0.05) is 25.1 Å². The van der Waals surface area contributed by atoms with E-state index in [2.05, 4.69) is 11.9 Å². The number of aryl methyl sites for hydroxylation is 2. The number of nitrogens with zero attached hydrogens (tertiary/aromatic N) is 2. The van der Waals surface area contributed by atoms with E-state index in [0.29, 0.717) is 6.54 Å². The maximum atomic E-state index is 12.2. The summed E-state index contributed by atoms with van der Waals surface area (Å²) in [4.78, 5) is 4.58. The van der Waals surface area contributed by atoms with Crippen LogP contribution in [0, 0.1) is 0 Å². The second kappa shape index (κ2) is 5.33. The fourth-order valence-electron chi connectivity index (χ4n) is 2.61. The van der Waals surface area contributed by atoms with Gasteiger partial charge in [-0.1, -0.05) is 6.92 Å². The van der Waals surface area contributed by atoms with Crippen molar-refractivity contribution in [2.45, 2.75) is 64.6 Å². The number of rotatable bonds is 5. The number of hydrogen-bond donors (Lipinski definition) is 0. The molecule has 102 valence electrons. The molecule has 1 aliphatic carbocycles. The van der Waals surface area contributed by atoms with Crippen LogP contribution in [-0.2, 0) is 25.8 Å². The normalized spacial score (nSPS) is 15.1. The standard InChI is InChI=1S/C13H19F3N2/c1-2-5-12-17-10-6-3-7-11(10)18(12)9-4-8-13(14,15)16/h2-9H2,1H3. The molecule has 0 spiro atoms. The van der Waals surface area contributed by atoms with E-state index < -0.39 is 12.6 Å². The molecule has 0 fully saturated rings. The van der Waals surface area contributed by atoms with Crippen molar-refractivity contribution in [2.75, 3.05) is 0 Å². The summed E-state index contributed by atoms with van der Waals surface area (Å²) >= 11 is 0. The quantitative estimate of drug-likeness (QED) is 0.790. The first-order valence-electron chi connectivity index (χ1n) is 6.65. The topological polar surface area (TPSA) is 17.8 Å². The van der Waals surface area contributed by atoms with Crippen molar-refractivity contribution >= 4 is 0 Å². The smallest absolute Gasteiger partial charge is 0.332 e. The SMILES string of the molecule is CCCc1nc2c(n1CCCC(F)(F)F)CCC2. The van der Waals surface area contributed by atoms with Crippen LogP contribution < -0.4 is 0 Å². The Balaban J connectivity index is 2.06. The zero-order valence-corrected chi connectivity index (χ0v) is 10.7. The van der Waals surface area contributed by atoms with Crippen LogP contribution in [-0.4, -0.2) is 15.7 Å². The maximum Gasteiger partial charge on any atom is 0.389 e.